The molecule has 4 aromatic heterocycles. The number of anilines is 2. The zero-order valence-corrected chi connectivity index (χ0v) is 23.5. The first-order valence-corrected chi connectivity index (χ1v) is 15.0. The highest BCUT2D eigenvalue weighted by atomic mass is 32.2. The highest BCUT2D eigenvalue weighted by Crippen LogP contribution is 2.26. The summed E-state index contributed by atoms with van der Waals surface area (Å²) in [5.41, 5.74) is 7.74. The van der Waals surface area contributed by atoms with Crippen LogP contribution in [0.1, 0.15) is 10.4 Å². The standard InChI is InChI=1S/C26H28F2N10O3S/c1-42(40)12-4-30-25(39)16-13-19(18(28)14-17(16)27)36-8-5-35(6-9-36)7-10-37-15-31-21-23(37)33-26(29)38-24(21)32-22(34-38)20-3-2-11-41-20/h2-3,11,13-15H,4-10,12H2,1H3,(H2,29,33)(H,30,39)/t42-/m1/s1. The molecule has 1 amide bonds. The van der Waals surface area contributed by atoms with Gasteiger partial charge in [-0.3, -0.25) is 9.69 Å². The topological polar surface area (TPSA) is 159 Å². The second kappa shape index (κ2) is 11.5. The normalized spacial score (nSPS) is 15.1. The molecule has 1 aliphatic heterocycles. The van der Waals surface area contributed by atoms with Crippen molar-refractivity contribution in [3.8, 4) is 11.6 Å². The van der Waals surface area contributed by atoms with Crippen LogP contribution in [0.5, 0.6) is 0 Å². The largest absolute Gasteiger partial charge is 0.617 e. The SMILES string of the molecule is C[S@@+]([O-])CCNC(=O)c1cc(N2CCN(CCn3cnc4c3nc(N)n3nc(-c5ccco5)nc43)CC2)c(F)cc1F. The molecule has 3 N–H and O–H groups in total. The van der Waals surface area contributed by atoms with E-state index in [4.69, 9.17) is 10.2 Å². The second-order valence-corrected chi connectivity index (χ2v) is 11.4. The fraction of sp³-hybridized carbons (Fsp3) is 0.346. The number of carbonyl (C=O) groups is 1. The van der Waals surface area contributed by atoms with Crippen LogP contribution in [0.3, 0.4) is 0 Å². The minimum Gasteiger partial charge on any atom is -0.617 e. The van der Waals surface area contributed by atoms with Crippen LogP contribution < -0.4 is 16.0 Å². The summed E-state index contributed by atoms with van der Waals surface area (Å²) in [5.74, 6) is -1.01. The number of amides is 1. The summed E-state index contributed by atoms with van der Waals surface area (Å²) >= 11 is -1.09. The zero-order chi connectivity index (χ0) is 29.4. The van der Waals surface area contributed by atoms with Crippen molar-refractivity contribution in [3.63, 3.8) is 0 Å². The van der Waals surface area contributed by atoms with E-state index in [9.17, 15) is 18.1 Å². The summed E-state index contributed by atoms with van der Waals surface area (Å²) in [4.78, 5) is 30.0. The van der Waals surface area contributed by atoms with Gasteiger partial charge in [0.05, 0.1) is 36.6 Å². The molecule has 0 bridgehead atoms. The first-order chi connectivity index (χ1) is 20.3. The zero-order valence-electron chi connectivity index (χ0n) is 22.7. The summed E-state index contributed by atoms with van der Waals surface area (Å²) in [6.07, 6.45) is 4.74. The Morgan fingerprint density at radius 1 is 1.14 bits per heavy atom. The highest BCUT2D eigenvalue weighted by Gasteiger charge is 2.24. The van der Waals surface area contributed by atoms with Gasteiger partial charge in [0, 0.05) is 45.3 Å². The number of hydrogen-bond acceptors (Lipinski definition) is 10. The molecular weight excluding hydrogens is 570 g/mol. The highest BCUT2D eigenvalue weighted by molar-refractivity contribution is 7.90. The van der Waals surface area contributed by atoms with Crippen LogP contribution in [-0.4, -0.2) is 95.8 Å². The molecule has 1 fully saturated rings. The van der Waals surface area contributed by atoms with Gasteiger partial charge in [0.2, 0.25) is 11.8 Å². The molecule has 1 aromatic carbocycles. The van der Waals surface area contributed by atoms with E-state index in [0.717, 1.165) is 6.07 Å². The van der Waals surface area contributed by atoms with Crippen molar-refractivity contribution in [3.05, 3.63) is 54.1 Å². The van der Waals surface area contributed by atoms with Crippen LogP contribution in [0.4, 0.5) is 20.4 Å². The van der Waals surface area contributed by atoms with Crippen LogP contribution in [-0.2, 0) is 17.7 Å². The van der Waals surface area contributed by atoms with Crippen LogP contribution in [0.2, 0.25) is 0 Å². The summed E-state index contributed by atoms with van der Waals surface area (Å²) in [6, 6.07) is 5.49. The molecule has 220 valence electrons. The number of rotatable bonds is 9. The Morgan fingerprint density at radius 2 is 1.95 bits per heavy atom. The number of nitrogens with two attached hydrogens (primary N) is 1. The lowest BCUT2D eigenvalue weighted by Gasteiger charge is -2.36. The van der Waals surface area contributed by atoms with E-state index in [2.05, 4.69) is 30.3 Å². The number of imidazole rings is 1. The Bertz CT molecular complexity index is 1730. The average molecular weight is 599 g/mol. The molecule has 0 radical (unpaired) electrons. The maximum absolute atomic E-state index is 14.7. The van der Waals surface area contributed by atoms with Gasteiger partial charge in [0.1, 0.15) is 17.4 Å². The number of piperazine rings is 1. The summed E-state index contributed by atoms with van der Waals surface area (Å²) in [7, 11) is 0. The number of furan rings is 1. The second-order valence-electron chi connectivity index (χ2n) is 9.87. The number of nitrogen functional groups attached to an aromatic ring is 1. The number of nitrogens with one attached hydrogen (secondary N) is 1. The van der Waals surface area contributed by atoms with Crippen molar-refractivity contribution < 1.29 is 22.5 Å². The number of carbonyl (C=O) groups excluding carboxylic acids is 1. The molecule has 0 saturated carbocycles. The molecule has 0 spiro atoms. The van der Waals surface area contributed by atoms with Crippen LogP contribution in [0, 0.1) is 11.6 Å². The van der Waals surface area contributed by atoms with E-state index in [1.807, 2.05) is 4.57 Å². The third-order valence-corrected chi connectivity index (χ3v) is 7.91. The number of benzene rings is 1. The van der Waals surface area contributed by atoms with Gasteiger partial charge in [0.25, 0.3) is 5.91 Å². The smallest absolute Gasteiger partial charge is 0.254 e. The van der Waals surface area contributed by atoms with Gasteiger partial charge in [-0.25, -0.2) is 18.7 Å². The lowest BCUT2D eigenvalue weighted by molar-refractivity contribution is 0.0952. The number of nitrogens with zero attached hydrogens (tertiary/aromatic N) is 8. The van der Waals surface area contributed by atoms with Crippen molar-refractivity contribution in [2.24, 2.45) is 0 Å². The fourth-order valence-corrected chi connectivity index (χ4v) is 5.31. The Hall–Kier alpha value is -4.28. The van der Waals surface area contributed by atoms with E-state index < -0.39 is 28.7 Å². The van der Waals surface area contributed by atoms with Crippen LogP contribution in [0.15, 0.2) is 41.3 Å². The Morgan fingerprint density at radius 3 is 2.69 bits per heavy atom. The van der Waals surface area contributed by atoms with Gasteiger partial charge < -0.3 is 29.5 Å². The van der Waals surface area contributed by atoms with Crippen molar-refractivity contribution in [2.45, 2.75) is 6.54 Å². The maximum Gasteiger partial charge on any atom is 0.254 e. The number of fused-ring (bicyclic) bond motifs is 3. The molecule has 1 saturated heterocycles. The van der Waals surface area contributed by atoms with E-state index in [-0.39, 0.29) is 29.5 Å². The fourth-order valence-electron chi connectivity index (χ4n) is 4.92. The number of hydrogen-bond donors (Lipinski definition) is 2. The third kappa shape index (κ3) is 5.47. The average Bonchev–Trinajstić information content (AvgIpc) is 3.72. The molecule has 5 aromatic rings. The molecule has 0 aliphatic carbocycles. The first-order valence-electron chi connectivity index (χ1n) is 13.2. The van der Waals surface area contributed by atoms with Gasteiger partial charge in [-0.15, -0.1) is 5.10 Å². The third-order valence-electron chi connectivity index (χ3n) is 7.13. The monoisotopic (exact) mass is 598 g/mol. The summed E-state index contributed by atoms with van der Waals surface area (Å²) in [6.45, 7) is 3.63. The molecule has 42 heavy (non-hydrogen) atoms. The predicted octanol–water partition coefficient (Wildman–Crippen LogP) is 1.52. The predicted molar refractivity (Wildman–Crippen MR) is 152 cm³/mol. The van der Waals surface area contributed by atoms with Crippen molar-refractivity contribution in [2.75, 3.05) is 61.9 Å². The summed E-state index contributed by atoms with van der Waals surface area (Å²) in [5, 5.41) is 6.93. The Kier molecular flexibility index (Phi) is 7.66. The number of halogens is 2. The van der Waals surface area contributed by atoms with Crippen molar-refractivity contribution in [1.82, 2.24) is 39.3 Å². The first kappa shape index (κ1) is 27.9. The molecule has 13 nitrogen and oxygen atoms in total. The lowest BCUT2D eigenvalue weighted by Crippen LogP contribution is -2.47. The van der Waals surface area contributed by atoms with E-state index in [1.165, 1.54) is 16.8 Å². The Balaban J connectivity index is 1.10. The van der Waals surface area contributed by atoms with Gasteiger partial charge >= 0.3 is 0 Å². The lowest BCUT2D eigenvalue weighted by atomic mass is 10.1. The van der Waals surface area contributed by atoms with Gasteiger partial charge in [-0.05, 0) is 18.2 Å². The van der Waals surface area contributed by atoms with Gasteiger partial charge in [0.15, 0.2) is 22.6 Å². The minimum absolute atomic E-state index is 0.136. The quantitative estimate of drug-likeness (QED) is 0.238. The molecule has 16 heteroatoms. The van der Waals surface area contributed by atoms with Crippen molar-refractivity contribution in [1.29, 1.82) is 0 Å². The van der Waals surface area contributed by atoms with Crippen LogP contribution >= 0.6 is 0 Å². The number of aromatic nitrogens is 6. The van der Waals surface area contributed by atoms with E-state index in [1.54, 1.807) is 29.6 Å². The molecule has 0 unspecified atom stereocenters. The van der Waals surface area contributed by atoms with Gasteiger partial charge in [-0.2, -0.15) is 9.50 Å². The Labute approximate surface area is 241 Å². The van der Waals surface area contributed by atoms with E-state index >= 15 is 0 Å². The summed E-state index contributed by atoms with van der Waals surface area (Å²) < 4.78 is 49.1. The van der Waals surface area contributed by atoms with Crippen LogP contribution in [0.25, 0.3) is 28.4 Å². The minimum atomic E-state index is -1.09. The molecule has 5 heterocycles. The molecular formula is C26H28F2N10O3S. The van der Waals surface area contributed by atoms with E-state index in [0.29, 0.717) is 67.7 Å². The molecule has 1 aliphatic rings. The molecule has 1 atom stereocenters. The van der Waals surface area contributed by atoms with Gasteiger partial charge in [-0.1, -0.05) is 11.2 Å². The maximum atomic E-state index is 14.7. The molecule has 6 rings (SSSR count). The van der Waals surface area contributed by atoms with Crippen molar-refractivity contribution >= 4 is 45.5 Å².